The highest BCUT2D eigenvalue weighted by Crippen LogP contribution is 2.41. The first-order valence-electron chi connectivity index (χ1n) is 14.3. The van der Waals surface area contributed by atoms with Crippen LogP contribution in [0.15, 0.2) is 105 Å². The molecule has 0 fully saturated rings. The second-order valence-corrected chi connectivity index (χ2v) is 13.5. The van der Waals surface area contributed by atoms with Crippen LogP contribution in [0.4, 0.5) is 0 Å². The van der Waals surface area contributed by atoms with Crippen molar-refractivity contribution in [3.8, 4) is 5.75 Å². The monoisotopic (exact) mass is 657 g/mol. The first-order chi connectivity index (χ1) is 20.8. The summed E-state index contributed by atoms with van der Waals surface area (Å²) < 4.78 is 30.9. The van der Waals surface area contributed by atoms with Crippen molar-refractivity contribution in [1.82, 2.24) is 14.3 Å². The SMILES string of the molecule is Cn1c(=O)c(C(c2cccc(Br)c2)c2[nH]c3ccccc3c2CCCNS(=O)(=O)C2=CCCC=C2)c(O)c2ccccc21. The summed E-state index contributed by atoms with van der Waals surface area (Å²) in [5, 5.41) is 13.3. The molecule has 0 amide bonds. The van der Waals surface area contributed by atoms with Crippen molar-refractivity contribution in [2.45, 2.75) is 31.6 Å². The Balaban J connectivity index is 1.46. The van der Waals surface area contributed by atoms with Crippen LogP contribution in [0.25, 0.3) is 21.8 Å². The number of para-hydroxylation sites is 2. The number of pyridine rings is 1. The molecule has 0 bridgehead atoms. The fourth-order valence-corrected chi connectivity index (χ4v) is 7.62. The van der Waals surface area contributed by atoms with Gasteiger partial charge in [-0.2, -0.15) is 0 Å². The summed E-state index contributed by atoms with van der Waals surface area (Å²) in [6, 6.07) is 23.0. The second kappa shape index (κ2) is 12.0. The number of allylic oxidation sites excluding steroid dienone is 3. The van der Waals surface area contributed by atoms with E-state index in [1.165, 1.54) is 0 Å². The van der Waals surface area contributed by atoms with Crippen molar-refractivity contribution in [3.63, 3.8) is 0 Å². The van der Waals surface area contributed by atoms with Gasteiger partial charge in [-0.1, -0.05) is 70.5 Å². The number of sulfonamides is 1. The number of hydrogen-bond donors (Lipinski definition) is 3. The predicted molar refractivity (Wildman–Crippen MR) is 176 cm³/mol. The zero-order valence-electron chi connectivity index (χ0n) is 23.7. The molecule has 6 rings (SSSR count). The molecule has 0 saturated carbocycles. The first-order valence-corrected chi connectivity index (χ1v) is 16.6. The van der Waals surface area contributed by atoms with Crippen molar-refractivity contribution in [3.05, 3.63) is 133 Å². The van der Waals surface area contributed by atoms with Crippen LogP contribution < -0.4 is 10.3 Å². The van der Waals surface area contributed by atoms with E-state index in [9.17, 15) is 18.3 Å². The molecule has 7 nitrogen and oxygen atoms in total. The molecule has 43 heavy (non-hydrogen) atoms. The number of nitrogens with zero attached hydrogens (tertiary/aromatic N) is 1. The largest absolute Gasteiger partial charge is 0.507 e. The minimum absolute atomic E-state index is 0.0464. The average molecular weight is 659 g/mol. The van der Waals surface area contributed by atoms with Gasteiger partial charge in [0.25, 0.3) is 5.56 Å². The molecule has 220 valence electrons. The van der Waals surface area contributed by atoms with Gasteiger partial charge in [0.05, 0.1) is 21.9 Å². The smallest absolute Gasteiger partial charge is 0.258 e. The molecule has 3 aromatic carbocycles. The molecule has 3 N–H and O–H groups in total. The van der Waals surface area contributed by atoms with E-state index in [4.69, 9.17) is 0 Å². The zero-order valence-corrected chi connectivity index (χ0v) is 26.1. The van der Waals surface area contributed by atoms with Crippen LogP contribution in [0, 0.1) is 0 Å². The lowest BCUT2D eigenvalue weighted by Crippen LogP contribution is -2.26. The van der Waals surface area contributed by atoms with Gasteiger partial charge in [-0.3, -0.25) is 4.79 Å². The summed E-state index contributed by atoms with van der Waals surface area (Å²) in [5.74, 6) is -0.660. The van der Waals surface area contributed by atoms with Crippen LogP contribution in [0.2, 0.25) is 0 Å². The number of hydrogen-bond acceptors (Lipinski definition) is 4. The molecule has 1 atom stereocenters. The molecule has 2 heterocycles. The highest BCUT2D eigenvalue weighted by atomic mass is 79.9. The Morgan fingerprint density at radius 3 is 2.56 bits per heavy atom. The van der Waals surface area contributed by atoms with Gasteiger partial charge in [-0.25, -0.2) is 13.1 Å². The van der Waals surface area contributed by atoms with Crippen molar-refractivity contribution in [2.75, 3.05) is 6.54 Å². The van der Waals surface area contributed by atoms with Crippen molar-refractivity contribution < 1.29 is 13.5 Å². The lowest BCUT2D eigenvalue weighted by molar-refractivity contribution is 0.470. The highest BCUT2D eigenvalue weighted by Gasteiger charge is 2.30. The quantitative estimate of drug-likeness (QED) is 0.152. The maximum atomic E-state index is 14.0. The Hall–Kier alpha value is -3.92. The fraction of sp³-hybridized carbons (Fsp3) is 0.206. The van der Waals surface area contributed by atoms with Gasteiger partial charge < -0.3 is 14.7 Å². The van der Waals surface area contributed by atoms with Crippen molar-refractivity contribution in [1.29, 1.82) is 0 Å². The summed E-state index contributed by atoms with van der Waals surface area (Å²) in [6.07, 6.45) is 7.93. The van der Waals surface area contributed by atoms with Crippen molar-refractivity contribution in [2.24, 2.45) is 7.05 Å². The summed E-state index contributed by atoms with van der Waals surface area (Å²) >= 11 is 3.59. The summed E-state index contributed by atoms with van der Waals surface area (Å²) in [7, 11) is -1.86. The average Bonchev–Trinajstić information content (AvgIpc) is 3.38. The molecule has 1 unspecified atom stereocenters. The van der Waals surface area contributed by atoms with Gasteiger partial charge >= 0.3 is 0 Å². The maximum absolute atomic E-state index is 14.0. The Morgan fingerprint density at radius 1 is 1.02 bits per heavy atom. The van der Waals surface area contributed by atoms with Crippen LogP contribution >= 0.6 is 15.9 Å². The molecule has 0 radical (unpaired) electrons. The number of fused-ring (bicyclic) bond motifs is 2. The van der Waals surface area contributed by atoms with E-state index in [0.29, 0.717) is 35.1 Å². The number of aromatic nitrogens is 2. The van der Waals surface area contributed by atoms with Gasteiger partial charge in [-0.05, 0) is 73.2 Å². The third kappa shape index (κ3) is 5.60. The lowest BCUT2D eigenvalue weighted by atomic mass is 9.85. The first kappa shape index (κ1) is 29.2. The van der Waals surface area contributed by atoms with Crippen LogP contribution in [0.5, 0.6) is 5.75 Å². The highest BCUT2D eigenvalue weighted by molar-refractivity contribution is 9.10. The maximum Gasteiger partial charge on any atom is 0.258 e. The van der Waals surface area contributed by atoms with E-state index in [1.54, 1.807) is 23.8 Å². The molecule has 0 saturated heterocycles. The Morgan fingerprint density at radius 2 is 1.79 bits per heavy atom. The molecule has 0 aliphatic heterocycles. The molecule has 0 spiro atoms. The number of H-pyrrole nitrogens is 1. The molecule has 1 aliphatic rings. The van der Waals surface area contributed by atoms with E-state index < -0.39 is 15.9 Å². The summed E-state index contributed by atoms with van der Waals surface area (Å²) in [4.78, 5) is 17.9. The normalized spacial score (nSPS) is 14.3. The predicted octanol–water partition coefficient (Wildman–Crippen LogP) is 6.75. The number of nitrogens with one attached hydrogen (secondary N) is 2. The minimum atomic E-state index is -3.59. The van der Waals surface area contributed by atoms with Gasteiger partial charge in [0.2, 0.25) is 10.0 Å². The van der Waals surface area contributed by atoms with Crippen LogP contribution in [0.1, 0.15) is 47.6 Å². The van der Waals surface area contributed by atoms with E-state index in [-0.39, 0.29) is 23.4 Å². The number of aryl methyl sites for hydroxylation is 2. The standard InChI is InChI=1S/C34H32BrN3O4S/c1-38-29-19-8-6-16-27(29)33(39)31(34(38)40)30(22-11-9-12-23(35)21-22)32-26(25-15-5-7-18-28(25)37-32)17-10-20-36-43(41,42)24-13-3-2-4-14-24/h3,5-9,11-16,18-19,21,30,36-37,39H,2,4,10,17,20H2,1H3. The Labute approximate surface area is 258 Å². The van der Waals surface area contributed by atoms with E-state index in [2.05, 4.69) is 25.6 Å². The van der Waals surface area contributed by atoms with Gasteiger partial charge in [0.1, 0.15) is 5.75 Å². The fourth-order valence-electron chi connectivity index (χ4n) is 6.01. The lowest BCUT2D eigenvalue weighted by Gasteiger charge is -2.22. The van der Waals surface area contributed by atoms with Crippen LogP contribution in [0.3, 0.4) is 0 Å². The molecule has 1 aliphatic carbocycles. The van der Waals surface area contributed by atoms with E-state index >= 15 is 0 Å². The Kier molecular flexibility index (Phi) is 8.13. The topological polar surface area (TPSA) is 104 Å². The number of rotatable bonds is 9. The zero-order chi connectivity index (χ0) is 30.1. The van der Waals surface area contributed by atoms with E-state index in [0.717, 1.165) is 38.6 Å². The number of halogens is 1. The van der Waals surface area contributed by atoms with Gasteiger partial charge in [-0.15, -0.1) is 0 Å². The van der Waals surface area contributed by atoms with E-state index in [1.807, 2.05) is 78.9 Å². The number of aromatic amines is 1. The third-order valence-electron chi connectivity index (χ3n) is 8.08. The van der Waals surface area contributed by atoms with Crippen molar-refractivity contribution >= 4 is 47.8 Å². The molecule has 9 heteroatoms. The third-order valence-corrected chi connectivity index (χ3v) is 10.1. The number of aromatic hydroxyl groups is 1. The second-order valence-electron chi connectivity index (χ2n) is 10.8. The summed E-state index contributed by atoms with van der Waals surface area (Å²) in [6.45, 7) is 0.261. The number of benzene rings is 3. The minimum Gasteiger partial charge on any atom is -0.507 e. The van der Waals surface area contributed by atoms with Crippen LogP contribution in [-0.4, -0.2) is 29.6 Å². The molecular weight excluding hydrogens is 626 g/mol. The molecule has 2 aromatic heterocycles. The molecular formula is C34H32BrN3O4S. The molecule has 5 aromatic rings. The Bertz CT molecular complexity index is 2080. The van der Waals surface area contributed by atoms with Crippen LogP contribution in [-0.2, 0) is 23.5 Å². The van der Waals surface area contributed by atoms with Gasteiger partial charge in [0.15, 0.2) is 0 Å². The van der Waals surface area contributed by atoms with Gasteiger partial charge in [0, 0.05) is 40.0 Å². The summed E-state index contributed by atoms with van der Waals surface area (Å²) in [5.41, 5.74) is 4.16.